The van der Waals surface area contributed by atoms with Gasteiger partial charge in [0.15, 0.2) is 0 Å². The van der Waals surface area contributed by atoms with Crippen LogP contribution in [0.3, 0.4) is 0 Å². The van der Waals surface area contributed by atoms with Gasteiger partial charge in [0.1, 0.15) is 0 Å². The van der Waals surface area contributed by atoms with Gasteiger partial charge in [0.05, 0.1) is 11.1 Å². The minimum Gasteiger partial charge on any atom is -0.388 e. The maximum Gasteiger partial charge on any atom is 0.250 e. The van der Waals surface area contributed by atoms with E-state index < -0.39 is 17.1 Å². The van der Waals surface area contributed by atoms with E-state index in [1.54, 1.807) is 0 Å². The van der Waals surface area contributed by atoms with Crippen LogP contribution in [0.5, 0.6) is 0 Å². The van der Waals surface area contributed by atoms with E-state index in [0.717, 1.165) is 12.8 Å². The second-order valence-corrected chi connectivity index (χ2v) is 4.93. The number of hydrogen-bond acceptors (Lipinski definition) is 2. The Morgan fingerprint density at radius 3 is 2.00 bits per heavy atom. The molecule has 4 heteroatoms. The van der Waals surface area contributed by atoms with Crippen molar-refractivity contribution in [1.82, 2.24) is 0 Å². The second kappa shape index (κ2) is 2.89. The quantitative estimate of drug-likeness (QED) is 0.685. The molecule has 0 aromatic heterocycles. The van der Waals surface area contributed by atoms with Crippen LogP contribution in [0.25, 0.3) is 0 Å². The number of rotatable bonds is 1. The molecule has 3 N–H and O–H groups in total. The van der Waals surface area contributed by atoms with Crippen LogP contribution in [0.1, 0.15) is 44.9 Å². The minimum absolute atomic E-state index is 0.175. The molecule has 0 radical (unpaired) electrons. The number of nitrogens with two attached hydrogens (primary N) is 1. The fourth-order valence-corrected chi connectivity index (χ4v) is 2.90. The molecule has 0 aromatic rings. The van der Waals surface area contributed by atoms with Crippen molar-refractivity contribution in [3.05, 3.63) is 0 Å². The second-order valence-electron chi connectivity index (χ2n) is 4.93. The predicted octanol–water partition coefficient (Wildman–Crippen LogP) is 1.81. The number of hydrogen-bond donors (Lipinski definition) is 2. The molecule has 2 saturated carbocycles. The Kier molecular flexibility index (Phi) is 2.13. The number of halogens is 2. The molecule has 1 atom stereocenters. The van der Waals surface area contributed by atoms with Gasteiger partial charge in [-0.05, 0) is 19.3 Å². The summed E-state index contributed by atoms with van der Waals surface area (Å²) >= 11 is 0. The molecule has 0 aliphatic heterocycles. The van der Waals surface area contributed by atoms with Gasteiger partial charge in [-0.3, -0.25) is 0 Å². The van der Waals surface area contributed by atoms with E-state index in [1.165, 1.54) is 0 Å². The molecule has 0 aromatic carbocycles. The lowest BCUT2D eigenvalue weighted by molar-refractivity contribution is -0.0545. The van der Waals surface area contributed by atoms with E-state index in [-0.39, 0.29) is 19.3 Å². The Morgan fingerprint density at radius 2 is 1.57 bits per heavy atom. The molecule has 2 nitrogen and oxygen atoms in total. The molecule has 0 amide bonds. The highest BCUT2D eigenvalue weighted by molar-refractivity contribution is 5.11. The summed E-state index contributed by atoms with van der Waals surface area (Å²) in [6.45, 7) is 0. The zero-order valence-corrected chi connectivity index (χ0v) is 8.23. The van der Waals surface area contributed by atoms with Gasteiger partial charge in [0.25, 0.3) is 0 Å². The van der Waals surface area contributed by atoms with Crippen molar-refractivity contribution in [1.29, 1.82) is 0 Å². The van der Waals surface area contributed by atoms with E-state index in [2.05, 4.69) is 0 Å². The third-order valence-corrected chi connectivity index (χ3v) is 3.87. The summed E-state index contributed by atoms with van der Waals surface area (Å²) in [5, 5.41) is 10.2. The van der Waals surface area contributed by atoms with Crippen LogP contribution >= 0.6 is 0 Å². The van der Waals surface area contributed by atoms with Crippen LogP contribution in [0.2, 0.25) is 0 Å². The molecule has 0 spiro atoms. The van der Waals surface area contributed by atoms with Crippen LogP contribution in [0.15, 0.2) is 0 Å². The molecule has 0 saturated heterocycles. The summed E-state index contributed by atoms with van der Waals surface area (Å²) < 4.78 is 26.1. The molecule has 14 heavy (non-hydrogen) atoms. The summed E-state index contributed by atoms with van der Waals surface area (Å²) in [6, 6.07) is 0. The van der Waals surface area contributed by atoms with Gasteiger partial charge in [0, 0.05) is 12.8 Å². The lowest BCUT2D eigenvalue weighted by Crippen LogP contribution is -2.58. The molecule has 1 unspecified atom stereocenters. The standard InChI is InChI=1S/C10H17F2NO/c11-10(12)6-5-8(13,7-10)9(14)3-1-2-4-9/h14H,1-7,13H2. The summed E-state index contributed by atoms with van der Waals surface area (Å²) in [6.07, 6.45) is 2.69. The average Bonchev–Trinajstić information content (AvgIpc) is 2.59. The fourth-order valence-electron chi connectivity index (χ4n) is 2.90. The van der Waals surface area contributed by atoms with Gasteiger partial charge in [0.2, 0.25) is 5.92 Å². The summed E-state index contributed by atoms with van der Waals surface area (Å²) in [5.74, 6) is -2.67. The highest BCUT2D eigenvalue weighted by Gasteiger charge is 2.58. The van der Waals surface area contributed by atoms with Gasteiger partial charge >= 0.3 is 0 Å². The van der Waals surface area contributed by atoms with Crippen molar-refractivity contribution in [2.75, 3.05) is 0 Å². The van der Waals surface area contributed by atoms with E-state index in [4.69, 9.17) is 5.73 Å². The highest BCUT2D eigenvalue weighted by Crippen LogP contribution is 2.50. The maximum atomic E-state index is 13.1. The van der Waals surface area contributed by atoms with E-state index in [1.807, 2.05) is 0 Å². The molecule has 0 heterocycles. The molecule has 2 fully saturated rings. The zero-order chi connectivity index (χ0) is 10.4. The normalized spacial score (nSPS) is 40.3. The van der Waals surface area contributed by atoms with Gasteiger partial charge in [-0.15, -0.1) is 0 Å². The van der Waals surface area contributed by atoms with Gasteiger partial charge in [-0.2, -0.15) is 0 Å². The Bertz CT molecular complexity index is 238. The molecule has 2 rings (SSSR count). The van der Waals surface area contributed by atoms with Crippen molar-refractivity contribution in [2.24, 2.45) is 5.73 Å². The van der Waals surface area contributed by atoms with Crippen molar-refractivity contribution < 1.29 is 13.9 Å². The monoisotopic (exact) mass is 205 g/mol. The maximum absolute atomic E-state index is 13.1. The first-order chi connectivity index (χ1) is 6.37. The van der Waals surface area contributed by atoms with E-state index >= 15 is 0 Å². The van der Waals surface area contributed by atoms with Crippen molar-refractivity contribution in [2.45, 2.75) is 62.0 Å². The van der Waals surface area contributed by atoms with Gasteiger partial charge < -0.3 is 10.8 Å². The Hall–Kier alpha value is -0.220. The summed E-state index contributed by atoms with van der Waals surface area (Å²) in [7, 11) is 0. The van der Waals surface area contributed by atoms with Gasteiger partial charge in [-0.25, -0.2) is 8.78 Å². The van der Waals surface area contributed by atoms with Crippen LogP contribution in [-0.2, 0) is 0 Å². The minimum atomic E-state index is -2.67. The van der Waals surface area contributed by atoms with E-state index in [9.17, 15) is 13.9 Å². The van der Waals surface area contributed by atoms with Crippen LogP contribution in [-0.4, -0.2) is 22.2 Å². The number of aliphatic hydroxyl groups is 1. The average molecular weight is 205 g/mol. The fraction of sp³-hybridized carbons (Fsp3) is 1.00. The van der Waals surface area contributed by atoms with Crippen LogP contribution in [0, 0.1) is 0 Å². The molecule has 2 aliphatic carbocycles. The molecule has 2 aliphatic rings. The summed E-state index contributed by atoms with van der Waals surface area (Å²) in [4.78, 5) is 0. The highest BCUT2D eigenvalue weighted by atomic mass is 19.3. The lowest BCUT2D eigenvalue weighted by atomic mass is 9.77. The molecule has 0 bridgehead atoms. The topological polar surface area (TPSA) is 46.2 Å². The largest absolute Gasteiger partial charge is 0.388 e. The third-order valence-electron chi connectivity index (χ3n) is 3.87. The first-order valence-corrected chi connectivity index (χ1v) is 5.26. The van der Waals surface area contributed by atoms with Crippen molar-refractivity contribution >= 4 is 0 Å². The smallest absolute Gasteiger partial charge is 0.250 e. The molecular formula is C10H17F2NO. The Labute approximate surface area is 82.5 Å². The Morgan fingerprint density at radius 1 is 1.00 bits per heavy atom. The molecule has 82 valence electrons. The van der Waals surface area contributed by atoms with Crippen molar-refractivity contribution in [3.8, 4) is 0 Å². The van der Waals surface area contributed by atoms with E-state index in [0.29, 0.717) is 12.8 Å². The summed E-state index contributed by atoms with van der Waals surface area (Å²) in [5.41, 5.74) is 3.86. The number of alkyl halides is 2. The van der Waals surface area contributed by atoms with Crippen molar-refractivity contribution in [3.63, 3.8) is 0 Å². The van der Waals surface area contributed by atoms with Crippen LogP contribution in [0.4, 0.5) is 8.78 Å². The van der Waals surface area contributed by atoms with Gasteiger partial charge in [-0.1, -0.05) is 12.8 Å². The first-order valence-electron chi connectivity index (χ1n) is 5.26. The predicted molar refractivity (Wildman–Crippen MR) is 49.1 cm³/mol. The SMILES string of the molecule is NC1(C2(O)CCCC2)CCC(F)(F)C1. The molecular weight excluding hydrogens is 188 g/mol. The lowest BCUT2D eigenvalue weighted by Gasteiger charge is -2.39. The zero-order valence-electron chi connectivity index (χ0n) is 8.23. The van der Waals surface area contributed by atoms with Crippen LogP contribution < -0.4 is 5.73 Å². The third kappa shape index (κ3) is 1.44. The first kappa shape index (κ1) is 10.3. The Balaban J connectivity index is 2.17.